The molecule has 1 unspecified atom stereocenters. The molecule has 90 valence electrons. The van der Waals surface area contributed by atoms with Crippen molar-refractivity contribution in [3.63, 3.8) is 0 Å². The molecule has 2 atom stereocenters. The molecule has 0 bridgehead atoms. The molecule has 0 aliphatic heterocycles. The molecule has 15 heavy (non-hydrogen) atoms. The number of nitrogens with two attached hydrogens (primary N) is 1. The summed E-state index contributed by atoms with van der Waals surface area (Å²) in [6, 6.07) is -0.545. The van der Waals surface area contributed by atoms with E-state index in [0.717, 1.165) is 0 Å². The van der Waals surface area contributed by atoms with Gasteiger partial charge < -0.3 is 16.2 Å². The van der Waals surface area contributed by atoms with Gasteiger partial charge in [0.1, 0.15) is 0 Å². The molecule has 4 heteroatoms. The van der Waals surface area contributed by atoms with Crippen LogP contribution in [0.15, 0.2) is 0 Å². The molecule has 0 heterocycles. The highest BCUT2D eigenvalue weighted by Gasteiger charge is 2.27. The van der Waals surface area contributed by atoms with Crippen LogP contribution >= 0.6 is 0 Å². The first-order chi connectivity index (χ1) is 6.66. The van der Waals surface area contributed by atoms with E-state index >= 15 is 0 Å². The zero-order valence-electron chi connectivity index (χ0n) is 10.4. The number of amides is 1. The van der Waals surface area contributed by atoms with Crippen molar-refractivity contribution in [2.45, 2.75) is 46.8 Å². The maximum absolute atomic E-state index is 11.6. The van der Waals surface area contributed by atoms with Crippen LogP contribution in [0.3, 0.4) is 0 Å². The number of nitrogens with one attached hydrogen (secondary N) is 1. The van der Waals surface area contributed by atoms with Gasteiger partial charge in [0.2, 0.25) is 5.91 Å². The fraction of sp³-hybridized carbons (Fsp3) is 0.909. The number of rotatable bonds is 4. The summed E-state index contributed by atoms with van der Waals surface area (Å²) in [5.41, 5.74) is 5.51. The number of carbonyl (C=O) groups is 1. The third kappa shape index (κ3) is 5.14. The van der Waals surface area contributed by atoms with Crippen molar-refractivity contribution < 1.29 is 9.90 Å². The van der Waals surface area contributed by atoms with Gasteiger partial charge >= 0.3 is 0 Å². The lowest BCUT2D eigenvalue weighted by atomic mass is 9.87. The lowest BCUT2D eigenvalue weighted by Crippen LogP contribution is -2.50. The molecule has 0 radical (unpaired) electrons. The standard InChI is InChI=1S/C11H24N2O2/c1-7(2)8(14)6-13-10(15)9(12)11(3,4)5/h7-9,14H,6,12H2,1-5H3,(H,13,15)/t8?,9-/m1/s1. The van der Waals surface area contributed by atoms with Gasteiger partial charge in [-0.15, -0.1) is 0 Å². The molecule has 0 rings (SSSR count). The first kappa shape index (κ1) is 14.4. The van der Waals surface area contributed by atoms with Crippen molar-refractivity contribution in [1.82, 2.24) is 5.32 Å². The maximum Gasteiger partial charge on any atom is 0.237 e. The Balaban J connectivity index is 4.05. The fourth-order valence-electron chi connectivity index (χ4n) is 0.944. The first-order valence-electron chi connectivity index (χ1n) is 5.37. The van der Waals surface area contributed by atoms with Gasteiger partial charge in [0.15, 0.2) is 0 Å². The molecule has 4 N–H and O–H groups in total. The van der Waals surface area contributed by atoms with Crippen molar-refractivity contribution in [3.8, 4) is 0 Å². The largest absolute Gasteiger partial charge is 0.391 e. The summed E-state index contributed by atoms with van der Waals surface area (Å²) < 4.78 is 0. The van der Waals surface area contributed by atoms with Gasteiger partial charge in [-0.25, -0.2) is 0 Å². The molecule has 1 amide bonds. The van der Waals surface area contributed by atoms with E-state index < -0.39 is 12.1 Å². The predicted molar refractivity (Wildman–Crippen MR) is 61.3 cm³/mol. The third-order valence-corrected chi connectivity index (χ3v) is 2.47. The topological polar surface area (TPSA) is 75.3 Å². The number of aliphatic hydroxyl groups excluding tert-OH is 1. The molecular formula is C11H24N2O2. The summed E-state index contributed by atoms with van der Waals surface area (Å²) >= 11 is 0. The van der Waals surface area contributed by atoms with Gasteiger partial charge in [-0.1, -0.05) is 34.6 Å². The van der Waals surface area contributed by atoms with E-state index in [4.69, 9.17) is 5.73 Å². The maximum atomic E-state index is 11.6. The Morgan fingerprint density at radius 1 is 1.40 bits per heavy atom. The Bertz CT molecular complexity index is 209. The molecule has 0 saturated heterocycles. The number of carbonyl (C=O) groups excluding carboxylic acids is 1. The summed E-state index contributed by atoms with van der Waals surface area (Å²) in [4.78, 5) is 11.6. The summed E-state index contributed by atoms with van der Waals surface area (Å²) in [6.07, 6.45) is -0.513. The van der Waals surface area contributed by atoms with Gasteiger partial charge in [-0.3, -0.25) is 4.79 Å². The van der Waals surface area contributed by atoms with Gasteiger partial charge in [0, 0.05) is 6.54 Å². The van der Waals surface area contributed by atoms with Gasteiger partial charge in [-0.2, -0.15) is 0 Å². The normalized spacial score (nSPS) is 16.3. The van der Waals surface area contributed by atoms with Crippen LogP contribution in [0.4, 0.5) is 0 Å². The Morgan fingerprint density at radius 2 is 1.87 bits per heavy atom. The second-order valence-corrected chi connectivity index (χ2v) is 5.40. The Hall–Kier alpha value is -0.610. The summed E-state index contributed by atoms with van der Waals surface area (Å²) in [5, 5.41) is 12.2. The summed E-state index contributed by atoms with van der Waals surface area (Å²) in [5.74, 6) is -0.0710. The van der Waals surface area contributed by atoms with Crippen LogP contribution < -0.4 is 11.1 Å². The van der Waals surface area contributed by atoms with E-state index in [2.05, 4.69) is 5.32 Å². The monoisotopic (exact) mass is 216 g/mol. The van der Waals surface area contributed by atoms with E-state index in [9.17, 15) is 9.90 Å². The van der Waals surface area contributed by atoms with Gasteiger partial charge in [-0.05, 0) is 11.3 Å². The number of aliphatic hydroxyl groups is 1. The predicted octanol–water partition coefficient (Wildman–Crippen LogP) is 0.493. The molecule has 0 aliphatic rings. The van der Waals surface area contributed by atoms with Gasteiger partial charge in [0.25, 0.3) is 0 Å². The van der Waals surface area contributed by atoms with Crippen LogP contribution in [0.25, 0.3) is 0 Å². The molecule has 0 saturated carbocycles. The zero-order valence-corrected chi connectivity index (χ0v) is 10.4. The van der Waals surface area contributed by atoms with E-state index in [1.54, 1.807) is 0 Å². The third-order valence-electron chi connectivity index (χ3n) is 2.47. The van der Waals surface area contributed by atoms with Crippen molar-refractivity contribution in [2.24, 2.45) is 17.1 Å². The van der Waals surface area contributed by atoms with Crippen molar-refractivity contribution >= 4 is 5.91 Å². The Labute approximate surface area is 92.2 Å². The van der Waals surface area contributed by atoms with Gasteiger partial charge in [0.05, 0.1) is 12.1 Å². The number of hydrogen-bond donors (Lipinski definition) is 3. The Morgan fingerprint density at radius 3 is 2.20 bits per heavy atom. The summed E-state index contributed by atoms with van der Waals surface area (Å²) in [7, 11) is 0. The highest BCUT2D eigenvalue weighted by atomic mass is 16.3. The molecular weight excluding hydrogens is 192 g/mol. The average molecular weight is 216 g/mol. The first-order valence-corrected chi connectivity index (χ1v) is 5.37. The second kappa shape index (κ2) is 5.47. The number of hydrogen-bond acceptors (Lipinski definition) is 3. The average Bonchev–Trinajstić information content (AvgIpc) is 2.10. The van der Waals surface area contributed by atoms with E-state index in [0.29, 0.717) is 0 Å². The van der Waals surface area contributed by atoms with E-state index in [1.165, 1.54) is 0 Å². The fourth-order valence-corrected chi connectivity index (χ4v) is 0.944. The van der Waals surface area contributed by atoms with E-state index in [-0.39, 0.29) is 23.8 Å². The van der Waals surface area contributed by atoms with Crippen LogP contribution in [0, 0.1) is 11.3 Å². The van der Waals surface area contributed by atoms with Crippen molar-refractivity contribution in [1.29, 1.82) is 0 Å². The SMILES string of the molecule is CC(C)C(O)CNC(=O)[C@@H](N)C(C)(C)C. The second-order valence-electron chi connectivity index (χ2n) is 5.40. The molecule has 0 spiro atoms. The van der Waals surface area contributed by atoms with E-state index in [1.807, 2.05) is 34.6 Å². The van der Waals surface area contributed by atoms with Crippen molar-refractivity contribution in [3.05, 3.63) is 0 Å². The van der Waals surface area contributed by atoms with Crippen LogP contribution in [-0.4, -0.2) is 29.7 Å². The molecule has 4 nitrogen and oxygen atoms in total. The molecule has 0 fully saturated rings. The highest BCUT2D eigenvalue weighted by Crippen LogP contribution is 2.17. The molecule has 0 aromatic rings. The lowest BCUT2D eigenvalue weighted by molar-refractivity contribution is -0.125. The minimum Gasteiger partial charge on any atom is -0.391 e. The molecule has 0 aromatic heterocycles. The molecule has 0 aromatic carbocycles. The van der Waals surface area contributed by atoms with Crippen LogP contribution in [-0.2, 0) is 4.79 Å². The minimum atomic E-state index is -0.545. The van der Waals surface area contributed by atoms with Crippen LogP contribution in [0.2, 0.25) is 0 Å². The summed E-state index contributed by atoms with van der Waals surface area (Å²) in [6.45, 7) is 9.81. The Kier molecular flexibility index (Phi) is 5.24. The van der Waals surface area contributed by atoms with Crippen molar-refractivity contribution in [2.75, 3.05) is 6.54 Å². The lowest BCUT2D eigenvalue weighted by Gasteiger charge is -2.26. The smallest absolute Gasteiger partial charge is 0.237 e. The van der Waals surface area contributed by atoms with Crippen LogP contribution in [0.1, 0.15) is 34.6 Å². The van der Waals surface area contributed by atoms with Crippen LogP contribution in [0.5, 0.6) is 0 Å². The quantitative estimate of drug-likeness (QED) is 0.640. The minimum absolute atomic E-state index is 0.135. The molecule has 0 aliphatic carbocycles. The zero-order chi connectivity index (χ0) is 12.2. The highest BCUT2D eigenvalue weighted by molar-refractivity contribution is 5.82.